The number of hydrogen-bond donors (Lipinski definition) is 1. The van der Waals surface area contributed by atoms with E-state index < -0.39 is 23.8 Å². The lowest BCUT2D eigenvalue weighted by molar-refractivity contribution is -0.148. The number of carboxylic acid groups (broad SMARTS) is 1. The van der Waals surface area contributed by atoms with Crippen molar-refractivity contribution in [2.24, 2.45) is 0 Å². The number of methoxy groups -OCH3 is 1. The van der Waals surface area contributed by atoms with Gasteiger partial charge in [-0.3, -0.25) is 0 Å². The van der Waals surface area contributed by atoms with E-state index in [4.69, 9.17) is 19.0 Å². The Hall–Kier alpha value is -3.33. The van der Waals surface area contributed by atoms with Crippen molar-refractivity contribution in [1.82, 2.24) is 4.98 Å². The first-order chi connectivity index (χ1) is 15.6. The fourth-order valence-corrected chi connectivity index (χ4v) is 3.30. The quantitative estimate of drug-likeness (QED) is 0.452. The average Bonchev–Trinajstić information content (AvgIpc) is 3.17. The van der Waals surface area contributed by atoms with Gasteiger partial charge in [-0.2, -0.15) is 13.2 Å². The molecule has 0 bridgehead atoms. The van der Waals surface area contributed by atoms with Crippen molar-refractivity contribution in [1.29, 1.82) is 0 Å². The zero-order valence-corrected chi connectivity index (χ0v) is 18.3. The number of aryl methyl sites for hydroxylation is 1. The first-order valence-corrected chi connectivity index (χ1v) is 10.2. The minimum atomic E-state index is -4.40. The van der Waals surface area contributed by atoms with Crippen LogP contribution in [0.15, 0.2) is 52.9 Å². The minimum absolute atomic E-state index is 0.137. The van der Waals surface area contributed by atoms with Crippen LogP contribution in [0.5, 0.6) is 5.75 Å². The van der Waals surface area contributed by atoms with Gasteiger partial charge in [0.2, 0.25) is 5.89 Å². The highest BCUT2D eigenvalue weighted by molar-refractivity contribution is 5.72. The summed E-state index contributed by atoms with van der Waals surface area (Å²) in [5, 5.41) is 9.08. The first kappa shape index (κ1) is 24.3. The molecule has 0 aliphatic rings. The van der Waals surface area contributed by atoms with Gasteiger partial charge >= 0.3 is 12.1 Å². The van der Waals surface area contributed by atoms with Crippen molar-refractivity contribution in [2.45, 2.75) is 38.5 Å². The fourth-order valence-electron chi connectivity index (χ4n) is 3.30. The number of nitrogens with zero attached hydrogens (tertiary/aromatic N) is 1. The Labute approximate surface area is 189 Å². The maximum Gasteiger partial charge on any atom is 0.416 e. The van der Waals surface area contributed by atoms with Crippen molar-refractivity contribution in [3.8, 4) is 17.2 Å². The standard InChI is InChI=1S/C24H24F3NO5/c1-14(13-32-19-10-4-16(5-11-19)12-20(31-3)23(29)30)21-15(2)33-22(28-21)17-6-8-18(9-7-17)24(25,26)27/h4-11,14,20H,12-13H2,1-3H3,(H,29,30)/t14-,20-/m0/s1. The third-order valence-corrected chi connectivity index (χ3v) is 5.16. The van der Waals surface area contributed by atoms with Crippen molar-refractivity contribution in [3.05, 3.63) is 71.1 Å². The molecule has 0 radical (unpaired) electrons. The molecule has 33 heavy (non-hydrogen) atoms. The zero-order chi connectivity index (χ0) is 24.2. The number of rotatable bonds is 9. The minimum Gasteiger partial charge on any atom is -0.493 e. The monoisotopic (exact) mass is 463 g/mol. The molecule has 0 aliphatic carbocycles. The number of ether oxygens (including phenoxy) is 2. The summed E-state index contributed by atoms with van der Waals surface area (Å²) in [6.45, 7) is 3.96. The number of alkyl halides is 3. The molecule has 3 rings (SSSR count). The summed E-state index contributed by atoms with van der Waals surface area (Å²) in [7, 11) is 1.35. The van der Waals surface area contributed by atoms with Gasteiger partial charge in [0.25, 0.3) is 0 Å². The average molecular weight is 463 g/mol. The van der Waals surface area contributed by atoms with Crippen LogP contribution in [0, 0.1) is 6.92 Å². The molecule has 2 atom stereocenters. The molecule has 176 valence electrons. The Kier molecular flexibility index (Phi) is 7.43. The van der Waals surface area contributed by atoms with Crippen LogP contribution >= 0.6 is 0 Å². The molecule has 3 aromatic rings. The molecule has 1 aromatic heterocycles. The number of halogens is 3. The van der Waals surface area contributed by atoms with E-state index in [1.807, 2.05) is 6.92 Å². The second-order valence-corrected chi connectivity index (χ2v) is 7.66. The second kappa shape index (κ2) is 10.1. The van der Waals surface area contributed by atoms with Crippen LogP contribution in [0.4, 0.5) is 13.2 Å². The third-order valence-electron chi connectivity index (χ3n) is 5.16. The summed E-state index contributed by atoms with van der Waals surface area (Å²) in [4.78, 5) is 15.5. The van der Waals surface area contributed by atoms with E-state index in [9.17, 15) is 18.0 Å². The van der Waals surface area contributed by atoms with Gasteiger partial charge in [0.15, 0.2) is 6.10 Å². The molecule has 0 fully saturated rings. The van der Waals surface area contributed by atoms with E-state index in [-0.39, 0.29) is 18.2 Å². The Balaban J connectivity index is 1.62. The molecule has 0 spiro atoms. The maximum absolute atomic E-state index is 12.8. The molecular formula is C24H24F3NO5. The summed E-state index contributed by atoms with van der Waals surface area (Å²) in [6.07, 6.45) is -5.07. The van der Waals surface area contributed by atoms with Crippen LogP contribution in [0.25, 0.3) is 11.5 Å². The Morgan fingerprint density at radius 3 is 2.30 bits per heavy atom. The summed E-state index contributed by atoms with van der Waals surface area (Å²) in [5.74, 6) is 0.264. The highest BCUT2D eigenvalue weighted by atomic mass is 19.4. The number of oxazole rings is 1. The molecule has 0 saturated heterocycles. The Morgan fingerprint density at radius 1 is 1.12 bits per heavy atom. The van der Waals surface area contributed by atoms with Crippen LogP contribution in [0.1, 0.15) is 35.4 Å². The van der Waals surface area contributed by atoms with Gasteiger partial charge in [0, 0.05) is 25.0 Å². The number of benzene rings is 2. The van der Waals surface area contributed by atoms with E-state index in [1.54, 1.807) is 31.2 Å². The van der Waals surface area contributed by atoms with Crippen molar-refractivity contribution in [2.75, 3.05) is 13.7 Å². The smallest absolute Gasteiger partial charge is 0.416 e. The number of carboxylic acids is 1. The summed E-state index contributed by atoms with van der Waals surface area (Å²) in [6, 6.07) is 11.7. The second-order valence-electron chi connectivity index (χ2n) is 7.66. The Bertz CT molecular complexity index is 1070. The lowest BCUT2D eigenvalue weighted by Gasteiger charge is -2.13. The van der Waals surface area contributed by atoms with Crippen molar-refractivity contribution in [3.63, 3.8) is 0 Å². The molecular weight excluding hydrogens is 439 g/mol. The lowest BCUT2D eigenvalue weighted by Crippen LogP contribution is -2.24. The highest BCUT2D eigenvalue weighted by Crippen LogP contribution is 2.32. The van der Waals surface area contributed by atoms with Crippen molar-refractivity contribution >= 4 is 5.97 Å². The van der Waals surface area contributed by atoms with E-state index in [0.29, 0.717) is 29.4 Å². The summed E-state index contributed by atoms with van der Waals surface area (Å²) in [5.41, 5.74) is 1.18. The predicted octanol–water partition coefficient (Wildman–Crippen LogP) is 5.49. The largest absolute Gasteiger partial charge is 0.493 e. The molecule has 0 aliphatic heterocycles. The van der Waals surface area contributed by atoms with Gasteiger partial charge in [0.05, 0.1) is 17.9 Å². The van der Waals surface area contributed by atoms with E-state index in [1.165, 1.54) is 19.2 Å². The van der Waals surface area contributed by atoms with Crippen LogP contribution in [-0.4, -0.2) is 35.9 Å². The van der Waals surface area contributed by atoms with Gasteiger partial charge in [-0.05, 0) is 48.9 Å². The van der Waals surface area contributed by atoms with E-state index >= 15 is 0 Å². The van der Waals surface area contributed by atoms with Gasteiger partial charge < -0.3 is 19.0 Å². The zero-order valence-electron chi connectivity index (χ0n) is 18.3. The van der Waals surface area contributed by atoms with E-state index in [0.717, 1.165) is 17.7 Å². The van der Waals surface area contributed by atoms with Crippen LogP contribution in [-0.2, 0) is 22.1 Å². The molecule has 9 heteroatoms. The van der Waals surface area contributed by atoms with E-state index in [2.05, 4.69) is 4.98 Å². The summed E-state index contributed by atoms with van der Waals surface area (Å²) >= 11 is 0. The van der Waals surface area contributed by atoms with Gasteiger partial charge in [-0.25, -0.2) is 9.78 Å². The van der Waals surface area contributed by atoms with Crippen LogP contribution in [0.2, 0.25) is 0 Å². The topological polar surface area (TPSA) is 81.8 Å². The SMILES string of the molecule is CO[C@@H](Cc1ccc(OC[C@H](C)c2nc(-c3ccc(C(F)(F)F)cc3)oc2C)cc1)C(=O)O. The van der Waals surface area contributed by atoms with Crippen molar-refractivity contribution < 1.29 is 37.0 Å². The molecule has 1 N–H and O–H groups in total. The lowest BCUT2D eigenvalue weighted by atomic mass is 10.1. The number of aliphatic carboxylic acids is 1. The maximum atomic E-state index is 12.8. The molecule has 0 amide bonds. The highest BCUT2D eigenvalue weighted by Gasteiger charge is 2.30. The number of aromatic nitrogens is 1. The van der Waals surface area contributed by atoms with Crippen LogP contribution in [0.3, 0.4) is 0 Å². The Morgan fingerprint density at radius 2 is 1.76 bits per heavy atom. The number of hydrogen-bond acceptors (Lipinski definition) is 5. The van der Waals surface area contributed by atoms with Gasteiger partial charge in [-0.15, -0.1) is 0 Å². The molecule has 0 saturated carbocycles. The molecule has 1 heterocycles. The van der Waals surface area contributed by atoms with Gasteiger partial charge in [0.1, 0.15) is 11.5 Å². The first-order valence-electron chi connectivity index (χ1n) is 10.2. The van der Waals surface area contributed by atoms with Gasteiger partial charge in [-0.1, -0.05) is 19.1 Å². The molecule has 6 nitrogen and oxygen atoms in total. The molecule has 0 unspecified atom stereocenters. The molecule has 2 aromatic carbocycles. The predicted molar refractivity (Wildman–Crippen MR) is 114 cm³/mol. The normalized spacial score (nSPS) is 13.5. The number of carbonyl (C=O) groups is 1. The van der Waals surface area contributed by atoms with Crippen LogP contribution < -0.4 is 4.74 Å². The fraction of sp³-hybridized carbons (Fsp3) is 0.333. The third kappa shape index (κ3) is 6.13. The summed E-state index contributed by atoms with van der Waals surface area (Å²) < 4.78 is 54.7.